The highest BCUT2D eigenvalue weighted by Gasteiger charge is 2.26. The molecule has 2 atom stereocenters. The number of hydrogen-bond acceptors (Lipinski definition) is 8. The maximum absolute atomic E-state index is 12.7. The number of primary amides is 2. The largest absolute Gasteiger partial charge is 0.434 e. The third kappa shape index (κ3) is 13.9. The Morgan fingerprint density at radius 2 is 1.12 bits per heavy atom. The molecule has 0 heterocycles. The zero-order chi connectivity index (χ0) is 26.1. The molecule has 0 bridgehead atoms. The van der Waals surface area contributed by atoms with Crippen LogP contribution in [0.3, 0.4) is 0 Å². The van der Waals surface area contributed by atoms with Crippen LogP contribution in [0.4, 0.5) is 0 Å². The summed E-state index contributed by atoms with van der Waals surface area (Å²) >= 11 is 0. The van der Waals surface area contributed by atoms with Crippen LogP contribution in [0.25, 0.3) is 0 Å². The van der Waals surface area contributed by atoms with Crippen molar-refractivity contribution in [2.75, 3.05) is 28.2 Å². The molecule has 0 aromatic heterocycles. The molecule has 34 heavy (non-hydrogen) atoms. The first kappa shape index (κ1) is 31.5. The SMILES string of the molecule is CCCCCCCCCCCC/C(=C/C(=O)OC(C(N)=O)N(C)C)C(=O)OC(C(N)=O)N(C)C. The Kier molecular flexibility index (Phi) is 16.6. The van der Waals surface area contributed by atoms with Crippen molar-refractivity contribution >= 4 is 23.8 Å². The van der Waals surface area contributed by atoms with Crippen molar-refractivity contribution in [3.8, 4) is 0 Å². The van der Waals surface area contributed by atoms with Crippen molar-refractivity contribution in [2.45, 2.75) is 90.0 Å². The zero-order valence-electron chi connectivity index (χ0n) is 21.5. The molecule has 0 aliphatic heterocycles. The van der Waals surface area contributed by atoms with Crippen molar-refractivity contribution in [3.63, 3.8) is 0 Å². The standard InChI is InChI=1S/C24H44N4O6/c1-6-7-8-9-10-11-12-13-14-15-16-18(24(32)34-23(21(26)31)28(4)5)17-19(29)33-22(20(25)30)27(2)3/h17,22-23H,6-16H2,1-5H3,(H2,25,30)(H2,26,31)/b18-17-. The molecule has 0 saturated heterocycles. The van der Waals surface area contributed by atoms with E-state index in [1.54, 1.807) is 0 Å². The number of nitrogens with two attached hydrogens (primary N) is 2. The summed E-state index contributed by atoms with van der Waals surface area (Å²) in [6, 6.07) is 0. The summed E-state index contributed by atoms with van der Waals surface area (Å²) in [7, 11) is 6.13. The third-order valence-electron chi connectivity index (χ3n) is 5.23. The maximum atomic E-state index is 12.7. The van der Waals surface area contributed by atoms with Gasteiger partial charge in [0.1, 0.15) is 0 Å². The van der Waals surface area contributed by atoms with Crippen LogP contribution in [0.1, 0.15) is 77.6 Å². The van der Waals surface area contributed by atoms with Gasteiger partial charge in [0.05, 0.1) is 0 Å². The predicted molar refractivity (Wildman–Crippen MR) is 130 cm³/mol. The van der Waals surface area contributed by atoms with Crippen molar-refractivity contribution in [2.24, 2.45) is 11.5 Å². The van der Waals surface area contributed by atoms with Crippen LogP contribution in [-0.4, -0.2) is 74.2 Å². The summed E-state index contributed by atoms with van der Waals surface area (Å²) in [6.07, 6.45) is 9.84. The van der Waals surface area contributed by atoms with E-state index < -0.39 is 36.2 Å². The first-order valence-corrected chi connectivity index (χ1v) is 12.0. The molecule has 0 radical (unpaired) electrons. The normalized spacial score (nSPS) is 13.6. The minimum Gasteiger partial charge on any atom is -0.434 e. The smallest absolute Gasteiger partial charge is 0.336 e. The Bertz CT molecular complexity index is 678. The van der Waals surface area contributed by atoms with Crippen molar-refractivity contribution in [1.82, 2.24) is 9.80 Å². The summed E-state index contributed by atoms with van der Waals surface area (Å²) < 4.78 is 10.3. The van der Waals surface area contributed by atoms with E-state index in [9.17, 15) is 19.2 Å². The van der Waals surface area contributed by atoms with Gasteiger partial charge in [-0.05, 0) is 41.0 Å². The monoisotopic (exact) mass is 484 g/mol. The van der Waals surface area contributed by atoms with Crippen molar-refractivity contribution in [3.05, 3.63) is 11.6 Å². The lowest BCUT2D eigenvalue weighted by atomic mass is 10.0. The number of esters is 2. The predicted octanol–water partition coefficient (Wildman–Crippen LogP) is 2.06. The Balaban J connectivity index is 5.02. The van der Waals surface area contributed by atoms with Crippen LogP contribution in [0.15, 0.2) is 11.6 Å². The van der Waals surface area contributed by atoms with E-state index >= 15 is 0 Å². The van der Waals surface area contributed by atoms with E-state index in [2.05, 4.69) is 6.92 Å². The fourth-order valence-electron chi connectivity index (χ4n) is 3.34. The number of rotatable bonds is 19. The molecule has 0 aliphatic carbocycles. The zero-order valence-corrected chi connectivity index (χ0v) is 21.5. The second kappa shape index (κ2) is 17.9. The molecular formula is C24H44N4O6. The van der Waals surface area contributed by atoms with E-state index in [-0.39, 0.29) is 12.0 Å². The molecule has 4 N–H and O–H groups in total. The van der Waals surface area contributed by atoms with Gasteiger partial charge in [0.25, 0.3) is 11.8 Å². The number of likely N-dealkylation sites (N-methyl/N-ethyl adjacent to an activating group) is 2. The third-order valence-corrected chi connectivity index (χ3v) is 5.23. The Morgan fingerprint density at radius 3 is 1.53 bits per heavy atom. The summed E-state index contributed by atoms with van der Waals surface area (Å²) in [4.78, 5) is 50.9. The topological polar surface area (TPSA) is 145 Å². The molecule has 0 aromatic carbocycles. The van der Waals surface area contributed by atoms with E-state index in [1.165, 1.54) is 76.5 Å². The second-order valence-corrected chi connectivity index (χ2v) is 8.88. The van der Waals surface area contributed by atoms with E-state index in [0.717, 1.165) is 25.3 Å². The first-order valence-electron chi connectivity index (χ1n) is 12.0. The fraction of sp³-hybridized carbons (Fsp3) is 0.750. The van der Waals surface area contributed by atoms with Gasteiger partial charge in [-0.15, -0.1) is 0 Å². The molecular weight excluding hydrogens is 440 g/mol. The molecule has 10 heteroatoms. The molecule has 196 valence electrons. The van der Waals surface area contributed by atoms with Crippen LogP contribution in [0.2, 0.25) is 0 Å². The number of carbonyl (C=O) groups excluding carboxylic acids is 4. The molecule has 0 fully saturated rings. The number of carbonyl (C=O) groups is 4. The van der Waals surface area contributed by atoms with E-state index in [1.807, 2.05) is 0 Å². The van der Waals surface area contributed by atoms with Gasteiger partial charge in [0, 0.05) is 11.6 Å². The highest BCUT2D eigenvalue weighted by atomic mass is 16.6. The summed E-state index contributed by atoms with van der Waals surface area (Å²) in [5.74, 6) is -3.42. The van der Waals surface area contributed by atoms with Crippen LogP contribution in [-0.2, 0) is 28.7 Å². The van der Waals surface area contributed by atoms with Gasteiger partial charge in [-0.3, -0.25) is 19.4 Å². The minimum absolute atomic E-state index is 0.0413. The first-order chi connectivity index (χ1) is 16.0. The lowest BCUT2D eigenvalue weighted by Crippen LogP contribution is -2.44. The van der Waals surface area contributed by atoms with Gasteiger partial charge in [0.15, 0.2) is 0 Å². The molecule has 2 unspecified atom stereocenters. The van der Waals surface area contributed by atoms with Gasteiger partial charge in [-0.1, -0.05) is 64.7 Å². The van der Waals surface area contributed by atoms with E-state index in [4.69, 9.17) is 20.9 Å². The minimum atomic E-state index is -1.28. The van der Waals surface area contributed by atoms with Crippen molar-refractivity contribution in [1.29, 1.82) is 0 Å². The average Bonchev–Trinajstić information content (AvgIpc) is 2.75. The molecule has 0 rings (SSSR count). The molecule has 0 aliphatic rings. The van der Waals surface area contributed by atoms with Crippen LogP contribution in [0.5, 0.6) is 0 Å². The van der Waals surface area contributed by atoms with Crippen LogP contribution >= 0.6 is 0 Å². The lowest BCUT2D eigenvalue weighted by Gasteiger charge is -2.22. The lowest BCUT2D eigenvalue weighted by molar-refractivity contribution is -0.161. The molecule has 10 nitrogen and oxygen atoms in total. The number of amides is 2. The van der Waals surface area contributed by atoms with Gasteiger partial charge < -0.3 is 20.9 Å². The number of unbranched alkanes of at least 4 members (excludes halogenated alkanes) is 9. The Morgan fingerprint density at radius 1 is 0.706 bits per heavy atom. The highest BCUT2D eigenvalue weighted by molar-refractivity contribution is 5.98. The maximum Gasteiger partial charge on any atom is 0.336 e. The molecule has 2 amide bonds. The van der Waals surface area contributed by atoms with Gasteiger partial charge in [-0.25, -0.2) is 9.59 Å². The quantitative estimate of drug-likeness (QED) is 0.123. The van der Waals surface area contributed by atoms with Gasteiger partial charge in [0.2, 0.25) is 12.5 Å². The summed E-state index contributed by atoms with van der Waals surface area (Å²) in [5, 5.41) is 0. The molecule has 0 aromatic rings. The number of nitrogens with zero attached hydrogens (tertiary/aromatic N) is 2. The summed E-state index contributed by atoms with van der Waals surface area (Å²) in [5.41, 5.74) is 10.6. The van der Waals surface area contributed by atoms with E-state index in [0.29, 0.717) is 6.42 Å². The van der Waals surface area contributed by atoms with Gasteiger partial charge in [-0.2, -0.15) is 0 Å². The van der Waals surface area contributed by atoms with Crippen LogP contribution in [0, 0.1) is 0 Å². The Labute approximate surface area is 204 Å². The second-order valence-electron chi connectivity index (χ2n) is 8.88. The number of ether oxygens (including phenoxy) is 2. The fourth-order valence-corrected chi connectivity index (χ4v) is 3.34. The highest BCUT2D eigenvalue weighted by Crippen LogP contribution is 2.16. The van der Waals surface area contributed by atoms with Gasteiger partial charge >= 0.3 is 11.9 Å². The Hall–Kier alpha value is -2.46. The molecule has 0 saturated carbocycles. The number of hydrogen-bond donors (Lipinski definition) is 2. The average molecular weight is 485 g/mol. The van der Waals surface area contributed by atoms with Crippen molar-refractivity contribution < 1.29 is 28.7 Å². The van der Waals surface area contributed by atoms with Crippen LogP contribution < -0.4 is 11.5 Å². The molecule has 0 spiro atoms. The summed E-state index contributed by atoms with van der Waals surface area (Å²) in [6.45, 7) is 2.20.